The number of halogens is 1. The minimum absolute atomic E-state index is 0.201. The standard InChI is InChI=1S/C11H12FN3O/c1-2-7-15-11(16)14(8-13-15)10-5-3-9(12)4-6-10/h3-6,8H,2,7H2,1H3. The molecule has 0 radical (unpaired) electrons. The molecule has 0 aliphatic heterocycles. The van der Waals surface area contributed by atoms with Crippen LogP contribution in [-0.2, 0) is 6.54 Å². The first-order valence-corrected chi connectivity index (χ1v) is 5.13. The Hall–Kier alpha value is -1.91. The molecular formula is C11H12FN3O. The van der Waals surface area contributed by atoms with Gasteiger partial charge in [-0.2, -0.15) is 5.10 Å². The Kier molecular flexibility index (Phi) is 2.85. The summed E-state index contributed by atoms with van der Waals surface area (Å²) in [6.45, 7) is 2.57. The van der Waals surface area contributed by atoms with Crippen molar-refractivity contribution in [1.29, 1.82) is 0 Å². The van der Waals surface area contributed by atoms with Crippen LogP contribution < -0.4 is 5.69 Å². The van der Waals surface area contributed by atoms with E-state index in [0.717, 1.165) is 6.42 Å². The van der Waals surface area contributed by atoms with E-state index in [9.17, 15) is 9.18 Å². The third-order valence-electron chi connectivity index (χ3n) is 2.27. The smallest absolute Gasteiger partial charge is 0.250 e. The molecule has 5 heteroatoms. The number of hydrogen-bond donors (Lipinski definition) is 0. The summed E-state index contributed by atoms with van der Waals surface area (Å²) in [4.78, 5) is 11.8. The van der Waals surface area contributed by atoms with Crippen LogP contribution in [0, 0.1) is 5.82 Å². The molecule has 0 bridgehead atoms. The Balaban J connectivity index is 2.41. The van der Waals surface area contributed by atoms with Crippen LogP contribution in [-0.4, -0.2) is 14.3 Å². The predicted octanol–water partition coefficient (Wildman–Crippen LogP) is 1.58. The molecule has 2 rings (SSSR count). The Morgan fingerprint density at radius 2 is 2.00 bits per heavy atom. The van der Waals surface area contributed by atoms with E-state index in [2.05, 4.69) is 5.10 Å². The molecule has 0 spiro atoms. The first kappa shape index (κ1) is 10.6. The Bertz CT molecular complexity index is 527. The van der Waals surface area contributed by atoms with Gasteiger partial charge in [-0.1, -0.05) is 6.92 Å². The summed E-state index contributed by atoms with van der Waals surface area (Å²) >= 11 is 0. The van der Waals surface area contributed by atoms with Crippen LogP contribution >= 0.6 is 0 Å². The molecule has 0 unspecified atom stereocenters. The van der Waals surface area contributed by atoms with Crippen molar-refractivity contribution < 1.29 is 4.39 Å². The lowest BCUT2D eigenvalue weighted by molar-refractivity contribution is 0.578. The topological polar surface area (TPSA) is 39.8 Å². The molecule has 0 atom stereocenters. The van der Waals surface area contributed by atoms with Gasteiger partial charge >= 0.3 is 5.69 Å². The fourth-order valence-electron chi connectivity index (χ4n) is 1.48. The maximum atomic E-state index is 12.7. The van der Waals surface area contributed by atoms with Gasteiger partial charge in [-0.15, -0.1) is 0 Å². The summed E-state index contributed by atoms with van der Waals surface area (Å²) in [5.74, 6) is -0.322. The number of rotatable bonds is 3. The van der Waals surface area contributed by atoms with Crippen LogP contribution in [0.5, 0.6) is 0 Å². The van der Waals surface area contributed by atoms with E-state index in [-0.39, 0.29) is 11.5 Å². The molecule has 1 aromatic carbocycles. The molecule has 1 aromatic heterocycles. The van der Waals surface area contributed by atoms with E-state index in [1.54, 1.807) is 12.1 Å². The number of aryl methyl sites for hydroxylation is 1. The number of aromatic nitrogens is 3. The Morgan fingerprint density at radius 1 is 1.31 bits per heavy atom. The first-order chi connectivity index (χ1) is 7.72. The van der Waals surface area contributed by atoms with Crippen molar-refractivity contribution in [1.82, 2.24) is 14.3 Å². The molecule has 84 valence electrons. The van der Waals surface area contributed by atoms with Crippen molar-refractivity contribution in [3.8, 4) is 5.69 Å². The molecule has 0 fully saturated rings. The van der Waals surface area contributed by atoms with Crippen molar-refractivity contribution in [2.24, 2.45) is 0 Å². The molecule has 2 aromatic rings. The van der Waals surface area contributed by atoms with E-state index in [1.165, 1.54) is 27.7 Å². The third-order valence-corrected chi connectivity index (χ3v) is 2.27. The monoisotopic (exact) mass is 221 g/mol. The predicted molar refractivity (Wildman–Crippen MR) is 58.1 cm³/mol. The minimum Gasteiger partial charge on any atom is -0.250 e. The van der Waals surface area contributed by atoms with Crippen molar-refractivity contribution in [2.75, 3.05) is 0 Å². The lowest BCUT2D eigenvalue weighted by Gasteiger charge is -1.99. The van der Waals surface area contributed by atoms with Crippen LogP contribution in [0.15, 0.2) is 35.4 Å². The molecule has 4 nitrogen and oxygen atoms in total. The van der Waals surface area contributed by atoms with E-state index in [0.29, 0.717) is 12.2 Å². The second kappa shape index (κ2) is 4.30. The third kappa shape index (κ3) is 1.88. The van der Waals surface area contributed by atoms with Gasteiger partial charge in [0.2, 0.25) is 0 Å². The molecular weight excluding hydrogens is 209 g/mol. The van der Waals surface area contributed by atoms with E-state index >= 15 is 0 Å². The van der Waals surface area contributed by atoms with E-state index in [4.69, 9.17) is 0 Å². The maximum absolute atomic E-state index is 12.7. The molecule has 0 saturated carbocycles. The average Bonchev–Trinajstić information content (AvgIpc) is 2.63. The van der Waals surface area contributed by atoms with Gasteiger partial charge in [0.15, 0.2) is 0 Å². The van der Waals surface area contributed by atoms with Gasteiger partial charge in [0.25, 0.3) is 0 Å². The minimum atomic E-state index is -0.322. The molecule has 0 N–H and O–H groups in total. The van der Waals surface area contributed by atoms with Crippen molar-refractivity contribution in [2.45, 2.75) is 19.9 Å². The highest BCUT2D eigenvalue weighted by Crippen LogP contribution is 2.05. The van der Waals surface area contributed by atoms with Crippen LogP contribution in [0.3, 0.4) is 0 Å². The summed E-state index contributed by atoms with van der Waals surface area (Å²) in [5, 5.41) is 3.98. The van der Waals surface area contributed by atoms with Gasteiger partial charge in [-0.3, -0.25) is 0 Å². The van der Waals surface area contributed by atoms with Gasteiger partial charge < -0.3 is 0 Å². The molecule has 0 amide bonds. The Morgan fingerprint density at radius 3 is 2.62 bits per heavy atom. The highest BCUT2D eigenvalue weighted by Gasteiger charge is 2.05. The highest BCUT2D eigenvalue weighted by atomic mass is 19.1. The van der Waals surface area contributed by atoms with Gasteiger partial charge in [-0.25, -0.2) is 18.4 Å². The highest BCUT2D eigenvalue weighted by molar-refractivity contribution is 5.30. The first-order valence-electron chi connectivity index (χ1n) is 5.13. The second-order valence-corrected chi connectivity index (χ2v) is 3.48. The van der Waals surface area contributed by atoms with Crippen LogP contribution in [0.4, 0.5) is 4.39 Å². The number of benzene rings is 1. The maximum Gasteiger partial charge on any atom is 0.350 e. The lowest BCUT2D eigenvalue weighted by Crippen LogP contribution is -2.23. The summed E-state index contributed by atoms with van der Waals surface area (Å²) in [6, 6.07) is 5.74. The normalized spacial score (nSPS) is 10.6. The van der Waals surface area contributed by atoms with Gasteiger partial charge in [-0.05, 0) is 30.7 Å². The summed E-state index contributed by atoms with van der Waals surface area (Å²) in [7, 11) is 0. The van der Waals surface area contributed by atoms with Crippen LogP contribution in [0.1, 0.15) is 13.3 Å². The second-order valence-electron chi connectivity index (χ2n) is 3.48. The number of nitrogens with zero attached hydrogens (tertiary/aromatic N) is 3. The summed E-state index contributed by atoms with van der Waals surface area (Å²) in [5.41, 5.74) is 0.419. The van der Waals surface area contributed by atoms with Crippen LogP contribution in [0.25, 0.3) is 5.69 Å². The SMILES string of the molecule is CCCn1ncn(-c2ccc(F)cc2)c1=O. The van der Waals surface area contributed by atoms with Gasteiger partial charge in [0.05, 0.1) is 5.69 Å². The van der Waals surface area contributed by atoms with Crippen molar-refractivity contribution in [3.05, 3.63) is 46.9 Å². The van der Waals surface area contributed by atoms with Crippen LogP contribution in [0.2, 0.25) is 0 Å². The molecule has 0 saturated heterocycles. The molecule has 0 aliphatic carbocycles. The molecule has 1 heterocycles. The summed E-state index contributed by atoms with van der Waals surface area (Å²) < 4.78 is 15.5. The van der Waals surface area contributed by atoms with Gasteiger partial charge in [0.1, 0.15) is 12.1 Å². The fraction of sp³-hybridized carbons (Fsp3) is 0.273. The molecule has 0 aliphatic rings. The van der Waals surface area contributed by atoms with E-state index < -0.39 is 0 Å². The Labute approximate surface area is 91.9 Å². The average molecular weight is 221 g/mol. The van der Waals surface area contributed by atoms with Crippen molar-refractivity contribution >= 4 is 0 Å². The van der Waals surface area contributed by atoms with Crippen molar-refractivity contribution in [3.63, 3.8) is 0 Å². The zero-order valence-electron chi connectivity index (χ0n) is 8.93. The zero-order valence-corrected chi connectivity index (χ0v) is 8.93. The number of hydrogen-bond acceptors (Lipinski definition) is 2. The molecule has 16 heavy (non-hydrogen) atoms. The van der Waals surface area contributed by atoms with E-state index in [1.807, 2.05) is 6.92 Å². The summed E-state index contributed by atoms with van der Waals surface area (Å²) in [6.07, 6.45) is 2.30. The quantitative estimate of drug-likeness (QED) is 0.789. The van der Waals surface area contributed by atoms with Gasteiger partial charge in [0, 0.05) is 6.54 Å². The largest absolute Gasteiger partial charge is 0.350 e. The zero-order chi connectivity index (χ0) is 11.5. The fourth-order valence-corrected chi connectivity index (χ4v) is 1.48. The lowest BCUT2D eigenvalue weighted by atomic mass is 10.3.